The molecule has 0 amide bonds. The minimum absolute atomic E-state index is 0.730. The Morgan fingerprint density at radius 3 is 2.79 bits per heavy atom. The van der Waals surface area contributed by atoms with E-state index in [2.05, 4.69) is 16.4 Å². The molecule has 104 valence electrons. The standard InChI is InChI=1S/C16H24N2O/c1-2-4-13(5-3-1)12-19-16-8-9-17-15(10-16)11-18-14-6-7-14/h8-10,13-14,18H,1-7,11-12H2. The van der Waals surface area contributed by atoms with Gasteiger partial charge in [-0.25, -0.2) is 0 Å². The normalized spacial score (nSPS) is 20.4. The van der Waals surface area contributed by atoms with E-state index in [-0.39, 0.29) is 0 Å². The van der Waals surface area contributed by atoms with Crippen LogP contribution in [0, 0.1) is 5.92 Å². The fourth-order valence-corrected chi connectivity index (χ4v) is 2.75. The first-order valence-electron chi connectivity index (χ1n) is 7.71. The predicted octanol–water partition coefficient (Wildman–Crippen LogP) is 3.29. The summed E-state index contributed by atoms with van der Waals surface area (Å²) in [5.74, 6) is 1.74. The van der Waals surface area contributed by atoms with Crippen molar-refractivity contribution in [3.8, 4) is 5.75 Å². The lowest BCUT2D eigenvalue weighted by Gasteiger charge is -2.21. The minimum Gasteiger partial charge on any atom is -0.493 e. The molecule has 1 aromatic rings. The Balaban J connectivity index is 1.47. The van der Waals surface area contributed by atoms with Crippen LogP contribution in [0.5, 0.6) is 5.75 Å². The molecule has 1 N–H and O–H groups in total. The second-order valence-corrected chi connectivity index (χ2v) is 5.95. The summed E-state index contributed by atoms with van der Waals surface area (Å²) in [5.41, 5.74) is 1.09. The van der Waals surface area contributed by atoms with E-state index in [0.29, 0.717) is 0 Å². The third-order valence-corrected chi connectivity index (χ3v) is 4.15. The van der Waals surface area contributed by atoms with Gasteiger partial charge in [0.25, 0.3) is 0 Å². The number of nitrogens with one attached hydrogen (secondary N) is 1. The number of pyridine rings is 1. The number of hydrogen-bond acceptors (Lipinski definition) is 3. The molecule has 0 radical (unpaired) electrons. The largest absolute Gasteiger partial charge is 0.493 e. The smallest absolute Gasteiger partial charge is 0.122 e. The number of hydrogen-bond donors (Lipinski definition) is 1. The lowest BCUT2D eigenvalue weighted by atomic mass is 9.90. The number of rotatable bonds is 6. The maximum Gasteiger partial charge on any atom is 0.122 e. The molecule has 0 aromatic carbocycles. The first kappa shape index (κ1) is 12.9. The molecule has 0 atom stereocenters. The van der Waals surface area contributed by atoms with Crippen molar-refractivity contribution >= 4 is 0 Å². The number of aromatic nitrogens is 1. The van der Waals surface area contributed by atoms with E-state index in [0.717, 1.165) is 36.6 Å². The van der Waals surface area contributed by atoms with Gasteiger partial charge in [0.1, 0.15) is 5.75 Å². The van der Waals surface area contributed by atoms with Crippen LogP contribution in [0.1, 0.15) is 50.6 Å². The fraction of sp³-hybridized carbons (Fsp3) is 0.688. The molecule has 1 heterocycles. The van der Waals surface area contributed by atoms with Crippen molar-refractivity contribution in [2.24, 2.45) is 5.92 Å². The quantitative estimate of drug-likeness (QED) is 0.852. The molecule has 0 bridgehead atoms. The average molecular weight is 260 g/mol. The first-order chi connectivity index (χ1) is 9.40. The summed E-state index contributed by atoms with van der Waals surface area (Å²) in [6, 6.07) is 4.79. The van der Waals surface area contributed by atoms with E-state index in [9.17, 15) is 0 Å². The van der Waals surface area contributed by atoms with Crippen molar-refractivity contribution in [1.82, 2.24) is 10.3 Å². The van der Waals surface area contributed by atoms with Gasteiger partial charge in [0.2, 0.25) is 0 Å². The molecule has 0 saturated heterocycles. The van der Waals surface area contributed by atoms with Crippen molar-refractivity contribution in [1.29, 1.82) is 0 Å². The van der Waals surface area contributed by atoms with Gasteiger partial charge in [0.15, 0.2) is 0 Å². The molecule has 3 heteroatoms. The summed E-state index contributed by atoms with van der Waals surface area (Å²) < 4.78 is 5.94. The van der Waals surface area contributed by atoms with Gasteiger partial charge < -0.3 is 10.1 Å². The third-order valence-electron chi connectivity index (χ3n) is 4.15. The van der Waals surface area contributed by atoms with Crippen LogP contribution in [-0.2, 0) is 6.54 Å². The van der Waals surface area contributed by atoms with Gasteiger partial charge in [-0.1, -0.05) is 19.3 Å². The van der Waals surface area contributed by atoms with Crippen LogP contribution in [0.2, 0.25) is 0 Å². The topological polar surface area (TPSA) is 34.1 Å². The highest BCUT2D eigenvalue weighted by molar-refractivity contribution is 5.22. The summed E-state index contributed by atoms with van der Waals surface area (Å²) >= 11 is 0. The molecule has 2 saturated carbocycles. The van der Waals surface area contributed by atoms with Crippen LogP contribution in [0.15, 0.2) is 18.3 Å². The van der Waals surface area contributed by atoms with E-state index in [1.54, 1.807) is 0 Å². The maximum atomic E-state index is 5.94. The zero-order chi connectivity index (χ0) is 12.9. The highest BCUT2D eigenvalue weighted by atomic mass is 16.5. The Morgan fingerprint density at radius 1 is 1.16 bits per heavy atom. The molecule has 0 spiro atoms. The second kappa shape index (κ2) is 6.38. The molecule has 3 rings (SSSR count). The van der Waals surface area contributed by atoms with E-state index >= 15 is 0 Å². The van der Waals surface area contributed by atoms with Crippen molar-refractivity contribution in [3.63, 3.8) is 0 Å². The van der Waals surface area contributed by atoms with Crippen LogP contribution in [0.25, 0.3) is 0 Å². The molecule has 2 aliphatic carbocycles. The van der Waals surface area contributed by atoms with Crippen LogP contribution in [0.4, 0.5) is 0 Å². The second-order valence-electron chi connectivity index (χ2n) is 5.95. The van der Waals surface area contributed by atoms with Gasteiger partial charge in [0.05, 0.1) is 12.3 Å². The first-order valence-corrected chi connectivity index (χ1v) is 7.71. The van der Waals surface area contributed by atoms with E-state index < -0.39 is 0 Å². The Morgan fingerprint density at radius 2 is 2.00 bits per heavy atom. The van der Waals surface area contributed by atoms with Gasteiger partial charge in [-0.05, 0) is 37.7 Å². The van der Waals surface area contributed by atoms with Gasteiger partial charge in [-0.15, -0.1) is 0 Å². The lowest BCUT2D eigenvalue weighted by Crippen LogP contribution is -2.17. The van der Waals surface area contributed by atoms with Gasteiger partial charge >= 0.3 is 0 Å². The van der Waals surface area contributed by atoms with Crippen LogP contribution in [-0.4, -0.2) is 17.6 Å². The van der Waals surface area contributed by atoms with E-state index in [1.165, 1.54) is 44.9 Å². The van der Waals surface area contributed by atoms with Gasteiger partial charge in [-0.2, -0.15) is 0 Å². The summed E-state index contributed by atoms with van der Waals surface area (Å²) in [6.07, 6.45) is 11.3. The summed E-state index contributed by atoms with van der Waals surface area (Å²) in [6.45, 7) is 1.74. The molecule has 2 aliphatic rings. The predicted molar refractivity (Wildman–Crippen MR) is 76.2 cm³/mol. The van der Waals surface area contributed by atoms with Gasteiger partial charge in [0, 0.05) is 24.8 Å². The summed E-state index contributed by atoms with van der Waals surface area (Å²) in [4.78, 5) is 4.39. The Labute approximate surface area is 115 Å². The number of nitrogens with zero attached hydrogens (tertiary/aromatic N) is 1. The molecule has 3 nitrogen and oxygen atoms in total. The number of ether oxygens (including phenoxy) is 1. The average Bonchev–Trinajstić information content (AvgIpc) is 3.29. The molecule has 2 fully saturated rings. The molecular formula is C16H24N2O. The molecular weight excluding hydrogens is 236 g/mol. The summed E-state index contributed by atoms with van der Waals surface area (Å²) in [5, 5.41) is 3.49. The van der Waals surface area contributed by atoms with E-state index in [4.69, 9.17) is 4.74 Å². The molecule has 0 aliphatic heterocycles. The Hall–Kier alpha value is -1.09. The van der Waals surface area contributed by atoms with Crippen molar-refractivity contribution in [2.75, 3.05) is 6.61 Å². The molecule has 1 aromatic heterocycles. The van der Waals surface area contributed by atoms with Crippen LogP contribution < -0.4 is 10.1 Å². The van der Waals surface area contributed by atoms with Crippen LogP contribution in [0.3, 0.4) is 0 Å². The van der Waals surface area contributed by atoms with E-state index in [1.807, 2.05) is 12.3 Å². The minimum atomic E-state index is 0.730. The van der Waals surface area contributed by atoms with Crippen molar-refractivity contribution < 1.29 is 4.74 Å². The monoisotopic (exact) mass is 260 g/mol. The third kappa shape index (κ3) is 4.20. The Kier molecular flexibility index (Phi) is 4.34. The SMILES string of the molecule is c1cc(OCC2CCCCC2)cc(CNC2CC2)n1. The van der Waals surface area contributed by atoms with Crippen molar-refractivity contribution in [3.05, 3.63) is 24.0 Å². The maximum absolute atomic E-state index is 5.94. The Bertz CT molecular complexity index is 397. The van der Waals surface area contributed by atoms with Crippen molar-refractivity contribution in [2.45, 2.75) is 57.5 Å². The zero-order valence-corrected chi connectivity index (χ0v) is 11.6. The zero-order valence-electron chi connectivity index (χ0n) is 11.6. The van der Waals surface area contributed by atoms with Crippen LogP contribution >= 0.6 is 0 Å². The fourth-order valence-electron chi connectivity index (χ4n) is 2.75. The van der Waals surface area contributed by atoms with Gasteiger partial charge in [-0.3, -0.25) is 4.98 Å². The highest BCUT2D eigenvalue weighted by Crippen LogP contribution is 2.25. The highest BCUT2D eigenvalue weighted by Gasteiger charge is 2.20. The summed E-state index contributed by atoms with van der Waals surface area (Å²) in [7, 11) is 0. The molecule has 19 heavy (non-hydrogen) atoms. The lowest BCUT2D eigenvalue weighted by molar-refractivity contribution is 0.208. The molecule has 0 unspecified atom stereocenters.